The summed E-state index contributed by atoms with van der Waals surface area (Å²) >= 11 is -3.69. The van der Waals surface area contributed by atoms with E-state index in [1.54, 1.807) is 0 Å². The van der Waals surface area contributed by atoms with Gasteiger partial charge < -0.3 is 0 Å². The van der Waals surface area contributed by atoms with Gasteiger partial charge in [0, 0.05) is 0 Å². The summed E-state index contributed by atoms with van der Waals surface area (Å²) in [5.41, 5.74) is 0. The predicted octanol–water partition coefficient (Wildman–Crippen LogP) is 4.65. The van der Waals surface area contributed by atoms with E-state index < -0.39 is 11.5 Å². The molecule has 0 aliphatic carbocycles. The van der Waals surface area contributed by atoms with Crippen molar-refractivity contribution in [2.24, 2.45) is 0 Å². The average Bonchev–Trinajstić information content (AvgIpc) is 2.68. The molecule has 0 bridgehead atoms. The number of halogens is 1. The molecule has 0 aromatic heterocycles. The van der Waals surface area contributed by atoms with Crippen LogP contribution >= 0.6 is 9.95 Å². The SMILES string of the molecule is CCCC[As](Cl)(c1ccccc1)(c1ccccc1)c1ccccc1. The number of rotatable bonds is 6. The zero-order valence-electron chi connectivity index (χ0n) is 14.1. The molecule has 3 aromatic carbocycles. The Morgan fingerprint density at radius 3 is 1.25 bits per heavy atom. The first-order valence-electron chi connectivity index (χ1n) is 8.60. The number of unbranched alkanes of at least 4 members (excludes halogenated alkanes) is 1. The fraction of sp³-hybridized carbons (Fsp3) is 0.182. The summed E-state index contributed by atoms with van der Waals surface area (Å²) < 4.78 is 3.93. The van der Waals surface area contributed by atoms with Crippen LogP contribution in [0.1, 0.15) is 19.8 Å². The Labute approximate surface area is 150 Å². The average molecular weight is 399 g/mol. The summed E-state index contributed by atoms with van der Waals surface area (Å²) in [5, 5.41) is 1.04. The summed E-state index contributed by atoms with van der Waals surface area (Å²) in [5.74, 6) is 0. The van der Waals surface area contributed by atoms with Crippen LogP contribution in [0.15, 0.2) is 91.0 Å². The summed E-state index contributed by atoms with van der Waals surface area (Å²) in [6.07, 6.45) is 2.28. The van der Waals surface area contributed by atoms with Crippen molar-refractivity contribution in [3.8, 4) is 0 Å². The van der Waals surface area contributed by atoms with Crippen LogP contribution in [0.25, 0.3) is 0 Å². The summed E-state index contributed by atoms with van der Waals surface area (Å²) in [7, 11) is 7.93. The van der Waals surface area contributed by atoms with Gasteiger partial charge in [-0.15, -0.1) is 0 Å². The Kier molecular flexibility index (Phi) is 5.18. The Bertz CT molecular complexity index is 669. The molecular formula is C22H24AsCl. The van der Waals surface area contributed by atoms with E-state index in [2.05, 4.69) is 97.9 Å². The van der Waals surface area contributed by atoms with Crippen LogP contribution in [0.5, 0.6) is 0 Å². The molecule has 24 heavy (non-hydrogen) atoms. The molecule has 0 aliphatic heterocycles. The van der Waals surface area contributed by atoms with Crippen molar-refractivity contribution in [3.05, 3.63) is 91.0 Å². The van der Waals surface area contributed by atoms with Gasteiger partial charge in [0.1, 0.15) is 0 Å². The molecular weight excluding hydrogens is 375 g/mol. The van der Waals surface area contributed by atoms with Crippen LogP contribution in [-0.2, 0) is 0 Å². The van der Waals surface area contributed by atoms with E-state index in [0.717, 1.165) is 18.1 Å². The van der Waals surface area contributed by atoms with E-state index in [1.165, 1.54) is 13.1 Å². The normalized spacial score (nSPS) is 13.2. The quantitative estimate of drug-likeness (QED) is 0.530. The van der Waals surface area contributed by atoms with E-state index in [4.69, 9.17) is 9.95 Å². The molecule has 0 fully saturated rings. The fourth-order valence-corrected chi connectivity index (χ4v) is 16.3. The third kappa shape index (κ3) is 2.83. The van der Waals surface area contributed by atoms with Gasteiger partial charge in [0.05, 0.1) is 0 Å². The van der Waals surface area contributed by atoms with Crippen molar-refractivity contribution in [3.63, 3.8) is 0 Å². The first-order valence-corrected chi connectivity index (χ1v) is 15.2. The van der Waals surface area contributed by atoms with E-state index in [1.807, 2.05) is 0 Å². The standard InChI is InChI=1S/C22H24AsCl/c1-2-3-19-23(24,20-13-7-4-8-14-20,21-15-9-5-10-16-21)22-17-11-6-12-18-22/h4-18H,2-3,19H2,1H3. The van der Waals surface area contributed by atoms with Crippen LogP contribution in [0, 0.1) is 0 Å². The van der Waals surface area contributed by atoms with Gasteiger partial charge in [-0.25, -0.2) is 0 Å². The monoisotopic (exact) mass is 398 g/mol. The first kappa shape index (κ1) is 17.3. The maximum atomic E-state index is 7.93. The van der Waals surface area contributed by atoms with Crippen molar-refractivity contribution in [2.45, 2.75) is 25.0 Å². The zero-order valence-corrected chi connectivity index (χ0v) is 16.7. The van der Waals surface area contributed by atoms with Crippen molar-refractivity contribution in [1.82, 2.24) is 0 Å². The molecule has 124 valence electrons. The Morgan fingerprint density at radius 1 is 0.625 bits per heavy atom. The molecule has 0 aliphatic rings. The van der Waals surface area contributed by atoms with Gasteiger partial charge in [0.2, 0.25) is 0 Å². The van der Waals surface area contributed by atoms with Crippen LogP contribution in [0.2, 0.25) is 5.21 Å². The molecule has 0 heterocycles. The van der Waals surface area contributed by atoms with E-state index in [-0.39, 0.29) is 0 Å². The van der Waals surface area contributed by atoms with Crippen LogP contribution < -0.4 is 13.1 Å². The van der Waals surface area contributed by atoms with E-state index >= 15 is 0 Å². The minimum atomic E-state index is -3.69. The third-order valence-corrected chi connectivity index (χ3v) is 19.8. The van der Waals surface area contributed by atoms with Crippen LogP contribution in [0.4, 0.5) is 0 Å². The molecule has 3 rings (SSSR count). The molecule has 0 saturated heterocycles. The predicted molar refractivity (Wildman–Crippen MR) is 110 cm³/mol. The van der Waals surface area contributed by atoms with Gasteiger partial charge >= 0.3 is 150 Å². The van der Waals surface area contributed by atoms with Crippen molar-refractivity contribution < 1.29 is 0 Å². The molecule has 0 radical (unpaired) electrons. The molecule has 0 saturated carbocycles. The third-order valence-electron chi connectivity index (χ3n) is 4.82. The van der Waals surface area contributed by atoms with Crippen molar-refractivity contribution >= 4 is 34.5 Å². The number of hydrogen-bond donors (Lipinski definition) is 0. The van der Waals surface area contributed by atoms with Crippen LogP contribution in [-0.4, -0.2) is 11.5 Å². The van der Waals surface area contributed by atoms with Gasteiger partial charge in [0.15, 0.2) is 0 Å². The van der Waals surface area contributed by atoms with Gasteiger partial charge in [-0.1, -0.05) is 0 Å². The summed E-state index contributed by atoms with van der Waals surface area (Å²) in [4.78, 5) is 0. The fourth-order valence-electron chi connectivity index (χ4n) is 3.51. The number of benzene rings is 3. The van der Waals surface area contributed by atoms with Crippen molar-refractivity contribution in [2.75, 3.05) is 0 Å². The molecule has 2 heteroatoms. The van der Waals surface area contributed by atoms with Gasteiger partial charge in [-0.3, -0.25) is 0 Å². The molecule has 0 unspecified atom stereocenters. The molecule has 0 N–H and O–H groups in total. The molecule has 0 atom stereocenters. The van der Waals surface area contributed by atoms with Gasteiger partial charge in [-0.2, -0.15) is 0 Å². The Balaban J connectivity index is 2.37. The Hall–Kier alpha value is -1.49. The topological polar surface area (TPSA) is 0 Å². The zero-order chi connectivity index (χ0) is 16.9. The van der Waals surface area contributed by atoms with Gasteiger partial charge in [0.25, 0.3) is 0 Å². The van der Waals surface area contributed by atoms with E-state index in [9.17, 15) is 0 Å². The maximum absolute atomic E-state index is 7.93. The van der Waals surface area contributed by atoms with Crippen LogP contribution in [0.3, 0.4) is 0 Å². The second-order valence-corrected chi connectivity index (χ2v) is 19.3. The Morgan fingerprint density at radius 2 is 0.958 bits per heavy atom. The summed E-state index contributed by atoms with van der Waals surface area (Å²) in [6.45, 7) is 2.24. The van der Waals surface area contributed by atoms with Crippen molar-refractivity contribution in [1.29, 1.82) is 0 Å². The van der Waals surface area contributed by atoms with E-state index in [0.29, 0.717) is 0 Å². The molecule has 0 nitrogen and oxygen atoms in total. The minimum absolute atomic E-state index is 1.04. The molecule has 3 aromatic rings. The molecule has 0 amide bonds. The second-order valence-electron chi connectivity index (χ2n) is 6.27. The molecule has 0 spiro atoms. The first-order chi connectivity index (χ1) is 11.7. The second kappa shape index (κ2) is 7.17. The van der Waals surface area contributed by atoms with Gasteiger partial charge in [-0.05, 0) is 0 Å². The number of hydrogen-bond acceptors (Lipinski definition) is 0. The summed E-state index contributed by atoms with van der Waals surface area (Å²) in [6, 6.07) is 32.3.